The van der Waals surface area contributed by atoms with Crippen molar-refractivity contribution in [2.24, 2.45) is 0 Å². The Balaban J connectivity index is 1.21. The van der Waals surface area contributed by atoms with Crippen molar-refractivity contribution >= 4 is 44.4 Å². The molecule has 0 bridgehead atoms. The van der Waals surface area contributed by atoms with Crippen LogP contribution in [0.25, 0.3) is 10.9 Å². The third-order valence-electron chi connectivity index (χ3n) is 5.91. The molecular formula is C26H23N5O5S. The zero-order chi connectivity index (χ0) is 26.0. The van der Waals surface area contributed by atoms with E-state index in [4.69, 9.17) is 4.74 Å². The van der Waals surface area contributed by atoms with Crippen LogP contribution in [-0.2, 0) is 14.8 Å². The molecule has 37 heavy (non-hydrogen) atoms. The normalized spacial score (nSPS) is 13.6. The maximum Gasteiger partial charge on any atom is 0.413 e. The van der Waals surface area contributed by atoms with E-state index >= 15 is 0 Å². The second-order valence-corrected chi connectivity index (χ2v) is 10.2. The molecule has 0 unspecified atom stereocenters. The maximum absolute atomic E-state index is 13.1. The summed E-state index contributed by atoms with van der Waals surface area (Å²) in [4.78, 5) is 34.7. The smallest absolute Gasteiger partial charge is 0.413 e. The molecule has 10 nitrogen and oxygen atoms in total. The molecule has 2 N–H and O–H groups in total. The van der Waals surface area contributed by atoms with Gasteiger partial charge in [-0.15, -0.1) is 0 Å². The SMILES string of the molecule is Cc1cc(C(=O)N2CC(OC(=O)Nc3ccccn3)C2)ccc1NS(=O)(=O)c1cccc2cccnc12. The quantitative estimate of drug-likeness (QED) is 0.398. The van der Waals surface area contributed by atoms with Gasteiger partial charge in [-0.2, -0.15) is 0 Å². The molecule has 11 heteroatoms. The van der Waals surface area contributed by atoms with Gasteiger partial charge in [-0.05, 0) is 55.0 Å². The second-order valence-electron chi connectivity index (χ2n) is 8.54. The highest BCUT2D eigenvalue weighted by atomic mass is 32.2. The topological polar surface area (TPSA) is 131 Å². The van der Waals surface area contributed by atoms with Gasteiger partial charge in [-0.25, -0.2) is 18.2 Å². The monoisotopic (exact) mass is 517 g/mol. The van der Waals surface area contributed by atoms with Crippen LogP contribution in [0.2, 0.25) is 0 Å². The number of carbonyl (C=O) groups is 2. The Kier molecular flexibility index (Phi) is 6.45. The summed E-state index contributed by atoms with van der Waals surface area (Å²) in [6.45, 7) is 2.24. The van der Waals surface area contributed by atoms with Gasteiger partial charge in [0.1, 0.15) is 16.8 Å². The number of nitrogens with one attached hydrogen (secondary N) is 2. The molecule has 0 spiro atoms. The number of pyridine rings is 2. The molecule has 0 atom stereocenters. The number of hydrogen-bond donors (Lipinski definition) is 2. The minimum absolute atomic E-state index is 0.0730. The number of amides is 2. The molecule has 5 rings (SSSR count). The molecule has 0 saturated carbocycles. The number of benzene rings is 2. The number of rotatable bonds is 6. The number of anilines is 2. The van der Waals surface area contributed by atoms with E-state index in [0.717, 1.165) is 0 Å². The molecule has 2 aromatic carbocycles. The van der Waals surface area contributed by atoms with Gasteiger partial charge in [0.2, 0.25) is 0 Å². The van der Waals surface area contributed by atoms with E-state index in [1.54, 1.807) is 84.9 Å². The van der Waals surface area contributed by atoms with Crippen LogP contribution in [0.15, 0.2) is 84.0 Å². The number of nitrogens with zero attached hydrogens (tertiary/aromatic N) is 3. The van der Waals surface area contributed by atoms with Gasteiger partial charge in [0.15, 0.2) is 0 Å². The van der Waals surface area contributed by atoms with E-state index in [9.17, 15) is 18.0 Å². The predicted molar refractivity (Wildman–Crippen MR) is 138 cm³/mol. The molecule has 1 saturated heterocycles. The van der Waals surface area contributed by atoms with Crippen molar-refractivity contribution in [3.8, 4) is 0 Å². The lowest BCUT2D eigenvalue weighted by Gasteiger charge is -2.38. The lowest BCUT2D eigenvalue weighted by Crippen LogP contribution is -2.55. The van der Waals surface area contributed by atoms with Crippen LogP contribution in [0, 0.1) is 6.92 Å². The molecule has 1 aliphatic rings. The van der Waals surface area contributed by atoms with E-state index in [2.05, 4.69) is 20.0 Å². The molecule has 4 aromatic rings. The van der Waals surface area contributed by atoms with Crippen LogP contribution in [0.1, 0.15) is 15.9 Å². The van der Waals surface area contributed by atoms with Gasteiger partial charge in [-0.1, -0.05) is 24.3 Å². The van der Waals surface area contributed by atoms with E-state index in [1.165, 1.54) is 6.07 Å². The zero-order valence-corrected chi connectivity index (χ0v) is 20.6. The van der Waals surface area contributed by atoms with Crippen molar-refractivity contribution in [2.45, 2.75) is 17.9 Å². The van der Waals surface area contributed by atoms with Gasteiger partial charge in [0, 0.05) is 23.3 Å². The Morgan fingerprint density at radius 2 is 1.76 bits per heavy atom. The Morgan fingerprint density at radius 1 is 0.973 bits per heavy atom. The fourth-order valence-corrected chi connectivity index (χ4v) is 5.30. The van der Waals surface area contributed by atoms with Crippen molar-refractivity contribution in [3.05, 3.63) is 90.3 Å². The Hall–Kier alpha value is -4.51. The van der Waals surface area contributed by atoms with Crippen LogP contribution < -0.4 is 10.0 Å². The van der Waals surface area contributed by atoms with Gasteiger partial charge >= 0.3 is 6.09 Å². The molecule has 3 heterocycles. The fraction of sp³-hybridized carbons (Fsp3) is 0.154. The van der Waals surface area contributed by atoms with Gasteiger partial charge in [0.25, 0.3) is 15.9 Å². The summed E-state index contributed by atoms with van der Waals surface area (Å²) in [7, 11) is -3.91. The number of ether oxygens (including phenoxy) is 1. The molecular weight excluding hydrogens is 494 g/mol. The van der Waals surface area contributed by atoms with Crippen molar-refractivity contribution in [1.82, 2.24) is 14.9 Å². The minimum Gasteiger partial charge on any atom is -0.442 e. The molecule has 2 aromatic heterocycles. The standard InChI is InChI=1S/C26H23N5O5S/c1-17-14-19(25(32)31-15-20(16-31)36-26(33)29-23-9-2-3-12-27-23)10-11-21(17)30-37(34,35)22-8-4-6-18-7-5-13-28-24(18)22/h2-14,20,30H,15-16H2,1H3,(H,27,29,33). The Labute approximate surface area is 213 Å². The summed E-state index contributed by atoms with van der Waals surface area (Å²) >= 11 is 0. The van der Waals surface area contributed by atoms with Crippen molar-refractivity contribution in [1.29, 1.82) is 0 Å². The van der Waals surface area contributed by atoms with Gasteiger partial charge < -0.3 is 9.64 Å². The highest BCUT2D eigenvalue weighted by Gasteiger charge is 2.34. The number of likely N-dealkylation sites (tertiary alicyclic amines) is 1. The van der Waals surface area contributed by atoms with Crippen LogP contribution in [-0.4, -0.2) is 54.5 Å². The van der Waals surface area contributed by atoms with Crippen molar-refractivity contribution < 1.29 is 22.7 Å². The van der Waals surface area contributed by atoms with E-state index in [1.807, 2.05) is 0 Å². The fourth-order valence-electron chi connectivity index (χ4n) is 3.99. The minimum atomic E-state index is -3.91. The maximum atomic E-state index is 13.1. The molecule has 1 fully saturated rings. The number of sulfonamides is 1. The number of aromatic nitrogens is 2. The summed E-state index contributed by atoms with van der Waals surface area (Å²) in [5, 5.41) is 3.25. The number of carbonyl (C=O) groups excluding carboxylic acids is 2. The number of aryl methyl sites for hydroxylation is 1. The van der Waals surface area contributed by atoms with E-state index in [0.29, 0.717) is 33.5 Å². The van der Waals surface area contributed by atoms with Gasteiger partial charge in [0.05, 0.1) is 24.3 Å². The van der Waals surface area contributed by atoms with Crippen molar-refractivity contribution in [2.75, 3.05) is 23.1 Å². The van der Waals surface area contributed by atoms with E-state index in [-0.39, 0.29) is 23.9 Å². The summed E-state index contributed by atoms with van der Waals surface area (Å²) in [6.07, 6.45) is 2.04. The second kappa shape index (κ2) is 9.86. The number of para-hydroxylation sites is 1. The first kappa shape index (κ1) is 24.2. The molecule has 1 aliphatic heterocycles. The average Bonchev–Trinajstić information content (AvgIpc) is 2.87. The first-order chi connectivity index (χ1) is 17.8. The summed E-state index contributed by atoms with van der Waals surface area (Å²) in [5.74, 6) is 0.142. The average molecular weight is 518 g/mol. The third-order valence-corrected chi connectivity index (χ3v) is 7.30. The summed E-state index contributed by atoms with van der Waals surface area (Å²) < 4.78 is 34.1. The number of fused-ring (bicyclic) bond motifs is 1. The van der Waals surface area contributed by atoms with Gasteiger partial charge in [-0.3, -0.25) is 19.8 Å². The lowest BCUT2D eigenvalue weighted by molar-refractivity contribution is -0.00207. The lowest BCUT2D eigenvalue weighted by atomic mass is 10.1. The molecule has 2 amide bonds. The highest BCUT2D eigenvalue weighted by Crippen LogP contribution is 2.26. The van der Waals surface area contributed by atoms with Crippen LogP contribution in [0.5, 0.6) is 0 Å². The first-order valence-corrected chi connectivity index (χ1v) is 12.9. The van der Waals surface area contributed by atoms with Crippen LogP contribution >= 0.6 is 0 Å². The van der Waals surface area contributed by atoms with Crippen LogP contribution in [0.4, 0.5) is 16.3 Å². The third kappa shape index (κ3) is 5.21. The summed E-state index contributed by atoms with van der Waals surface area (Å²) in [6, 6.07) is 18.4. The number of hydrogen-bond acceptors (Lipinski definition) is 7. The molecule has 188 valence electrons. The Bertz CT molecular complexity index is 1580. The van der Waals surface area contributed by atoms with Crippen molar-refractivity contribution in [3.63, 3.8) is 0 Å². The summed E-state index contributed by atoms with van der Waals surface area (Å²) in [5.41, 5.74) is 1.74. The Morgan fingerprint density at radius 3 is 2.51 bits per heavy atom. The van der Waals surface area contributed by atoms with Crippen LogP contribution in [0.3, 0.4) is 0 Å². The largest absolute Gasteiger partial charge is 0.442 e. The predicted octanol–water partition coefficient (Wildman–Crippen LogP) is 3.81. The molecule has 0 radical (unpaired) electrons. The molecule has 0 aliphatic carbocycles. The van der Waals surface area contributed by atoms with E-state index < -0.39 is 22.2 Å². The highest BCUT2D eigenvalue weighted by molar-refractivity contribution is 7.93. The first-order valence-electron chi connectivity index (χ1n) is 11.5. The zero-order valence-electron chi connectivity index (χ0n) is 19.8.